The molecule has 9 heteroatoms. The van der Waals surface area contributed by atoms with Gasteiger partial charge in [-0.25, -0.2) is 18.0 Å². The zero-order valence-electron chi connectivity index (χ0n) is 16.0. The second-order valence-electron chi connectivity index (χ2n) is 7.20. The number of carboxylic acids is 1. The SMILES string of the molecule is C=c1ccc2c(c1)P(=O)(O)c1cc(N)ccc1C=2c1c(F)c(C)c(F)c(F)c1C(=O)O. The summed E-state index contributed by atoms with van der Waals surface area (Å²) >= 11 is 0. The van der Waals surface area contributed by atoms with Gasteiger partial charge in [0, 0.05) is 27.7 Å². The number of hydrogen-bond acceptors (Lipinski definition) is 3. The highest BCUT2D eigenvalue weighted by Gasteiger charge is 2.38. The van der Waals surface area contributed by atoms with Gasteiger partial charge in [0.05, 0.1) is 5.30 Å². The second kappa shape index (κ2) is 6.83. The van der Waals surface area contributed by atoms with Crippen molar-refractivity contribution < 1.29 is 32.5 Å². The van der Waals surface area contributed by atoms with E-state index in [1.54, 1.807) is 0 Å². The van der Waals surface area contributed by atoms with E-state index in [0.717, 1.165) is 6.92 Å². The molecule has 0 fully saturated rings. The molecule has 1 aliphatic heterocycles. The van der Waals surface area contributed by atoms with Gasteiger partial charge in [0.2, 0.25) is 0 Å². The van der Waals surface area contributed by atoms with Gasteiger partial charge >= 0.3 is 5.97 Å². The summed E-state index contributed by atoms with van der Waals surface area (Å²) in [6.45, 7) is 4.70. The third-order valence-corrected chi connectivity index (χ3v) is 7.33. The lowest BCUT2D eigenvalue weighted by atomic mass is 9.89. The van der Waals surface area contributed by atoms with Crippen LogP contribution in [-0.4, -0.2) is 16.0 Å². The van der Waals surface area contributed by atoms with E-state index in [2.05, 4.69) is 6.58 Å². The minimum Gasteiger partial charge on any atom is -0.478 e. The Morgan fingerprint density at radius 2 is 1.71 bits per heavy atom. The quantitative estimate of drug-likeness (QED) is 0.318. The van der Waals surface area contributed by atoms with E-state index in [1.165, 1.54) is 36.4 Å². The van der Waals surface area contributed by atoms with Crippen LogP contribution in [0.4, 0.5) is 18.9 Å². The van der Waals surface area contributed by atoms with Crippen molar-refractivity contribution in [2.24, 2.45) is 0 Å². The fraction of sp³-hybridized carbons (Fsp3) is 0.0455. The molecule has 5 nitrogen and oxygen atoms in total. The predicted octanol–water partition coefficient (Wildman–Crippen LogP) is 1.88. The Morgan fingerprint density at radius 3 is 2.35 bits per heavy atom. The van der Waals surface area contributed by atoms with Gasteiger partial charge in [-0.1, -0.05) is 24.8 Å². The van der Waals surface area contributed by atoms with Crippen molar-refractivity contribution in [2.45, 2.75) is 6.92 Å². The number of benzene rings is 3. The first kappa shape index (κ1) is 20.9. The lowest BCUT2D eigenvalue weighted by molar-refractivity contribution is 0.0689. The van der Waals surface area contributed by atoms with E-state index < -0.39 is 47.5 Å². The van der Waals surface area contributed by atoms with E-state index in [9.17, 15) is 28.1 Å². The topological polar surface area (TPSA) is 101 Å². The van der Waals surface area contributed by atoms with Gasteiger partial charge in [-0.3, -0.25) is 4.57 Å². The number of nitrogens with two attached hydrogens (primary N) is 1. The third-order valence-electron chi connectivity index (χ3n) is 5.28. The van der Waals surface area contributed by atoms with Crippen LogP contribution in [0.15, 0.2) is 36.4 Å². The van der Waals surface area contributed by atoms with Crippen molar-refractivity contribution in [3.8, 4) is 0 Å². The van der Waals surface area contributed by atoms with Gasteiger partial charge in [-0.2, -0.15) is 0 Å². The third kappa shape index (κ3) is 2.91. The molecule has 0 saturated carbocycles. The summed E-state index contributed by atoms with van der Waals surface area (Å²) in [5, 5.41) is 9.67. The highest BCUT2D eigenvalue weighted by atomic mass is 31.2. The molecule has 4 rings (SSSR count). The molecule has 1 unspecified atom stereocenters. The van der Waals surface area contributed by atoms with Crippen LogP contribution in [0, 0.1) is 24.4 Å². The Kier molecular flexibility index (Phi) is 4.61. The monoisotopic (exact) mass is 445 g/mol. The zero-order valence-corrected chi connectivity index (χ0v) is 16.9. The van der Waals surface area contributed by atoms with Gasteiger partial charge in [0.1, 0.15) is 11.4 Å². The summed E-state index contributed by atoms with van der Waals surface area (Å²) in [6, 6.07) is 8.09. The van der Waals surface area contributed by atoms with E-state index in [-0.39, 0.29) is 32.7 Å². The molecule has 31 heavy (non-hydrogen) atoms. The summed E-state index contributed by atoms with van der Waals surface area (Å²) in [6.07, 6.45) is 0. The molecule has 3 aromatic rings. The Bertz CT molecular complexity index is 1480. The Labute approximate surface area is 174 Å². The maximum atomic E-state index is 15.3. The minimum absolute atomic E-state index is 0.00356. The molecule has 0 spiro atoms. The van der Waals surface area contributed by atoms with E-state index in [0.29, 0.717) is 5.22 Å². The van der Waals surface area contributed by atoms with Crippen molar-refractivity contribution in [3.05, 3.63) is 86.5 Å². The average molecular weight is 445 g/mol. The first-order valence-electron chi connectivity index (χ1n) is 8.94. The van der Waals surface area contributed by atoms with Gasteiger partial charge in [-0.05, 0) is 41.1 Å². The second-order valence-corrected chi connectivity index (χ2v) is 9.32. The number of nitrogen functional groups attached to an aromatic ring is 1. The smallest absolute Gasteiger partial charge is 0.339 e. The maximum Gasteiger partial charge on any atom is 0.339 e. The molecule has 0 bridgehead atoms. The van der Waals surface area contributed by atoms with E-state index in [4.69, 9.17) is 5.73 Å². The highest BCUT2D eigenvalue weighted by Crippen LogP contribution is 2.44. The van der Waals surface area contributed by atoms with Crippen LogP contribution in [0.5, 0.6) is 0 Å². The number of carbonyl (C=O) groups is 1. The van der Waals surface area contributed by atoms with Crippen LogP contribution < -0.4 is 26.8 Å². The molecule has 158 valence electrons. The molecular formula is C22H15F3NO4P. The maximum absolute atomic E-state index is 15.3. The summed E-state index contributed by atoms with van der Waals surface area (Å²) in [7, 11) is -4.24. The molecule has 0 radical (unpaired) electrons. The Hall–Kier alpha value is -3.35. The summed E-state index contributed by atoms with van der Waals surface area (Å²) in [4.78, 5) is 22.7. The Balaban J connectivity index is 2.36. The fourth-order valence-corrected chi connectivity index (χ4v) is 5.76. The number of carboxylic acid groups (broad SMARTS) is 1. The molecule has 0 amide bonds. The van der Waals surface area contributed by atoms with Crippen molar-refractivity contribution in [2.75, 3.05) is 5.73 Å². The molecule has 3 aromatic carbocycles. The molecule has 1 atom stereocenters. The van der Waals surface area contributed by atoms with Gasteiger partial charge in [0.25, 0.3) is 7.37 Å². The van der Waals surface area contributed by atoms with Crippen molar-refractivity contribution in [1.29, 1.82) is 0 Å². The molecule has 0 aromatic heterocycles. The number of rotatable bonds is 2. The highest BCUT2D eigenvalue weighted by molar-refractivity contribution is 7.73. The molecule has 0 aliphatic carbocycles. The standard InChI is InChI=1S/C22H15F3NO4P/c1-9-3-5-12-14(7-9)31(29,30)15-8-11(26)4-6-13(15)16(12)17-18(22(27)28)21(25)20(24)10(2)19(17)23/h3-8H,1,26H2,2H3,(H,27,28)(H,29,30). The first-order chi connectivity index (χ1) is 14.5. The molecular weight excluding hydrogens is 430 g/mol. The number of anilines is 1. The fourth-order valence-electron chi connectivity index (χ4n) is 3.81. The number of hydrogen-bond donors (Lipinski definition) is 3. The van der Waals surface area contributed by atoms with E-state index in [1.807, 2.05) is 0 Å². The average Bonchev–Trinajstić information content (AvgIpc) is 2.70. The minimum atomic E-state index is -4.24. The van der Waals surface area contributed by atoms with Gasteiger partial charge in [0.15, 0.2) is 11.6 Å². The number of fused-ring (bicyclic) bond motifs is 2. The number of aromatic carboxylic acids is 1. The van der Waals surface area contributed by atoms with E-state index >= 15 is 4.39 Å². The van der Waals surface area contributed by atoms with Crippen LogP contribution in [0.1, 0.15) is 27.0 Å². The lowest BCUT2D eigenvalue weighted by Gasteiger charge is -2.26. The summed E-state index contributed by atoms with van der Waals surface area (Å²) in [5.74, 6) is -6.51. The molecule has 4 N–H and O–H groups in total. The normalized spacial score (nSPS) is 17.3. The van der Waals surface area contributed by atoms with Crippen LogP contribution in [0.25, 0.3) is 12.2 Å². The molecule has 0 saturated heterocycles. The summed E-state index contributed by atoms with van der Waals surface area (Å²) in [5.41, 5.74) is 3.13. The lowest BCUT2D eigenvalue weighted by Crippen LogP contribution is -2.40. The van der Waals surface area contributed by atoms with Crippen LogP contribution in [0.2, 0.25) is 0 Å². The first-order valence-corrected chi connectivity index (χ1v) is 10.6. The van der Waals surface area contributed by atoms with Crippen molar-refractivity contribution >= 4 is 41.8 Å². The molecule has 1 aliphatic rings. The summed E-state index contributed by atoms with van der Waals surface area (Å²) < 4.78 is 57.5. The van der Waals surface area contributed by atoms with Crippen LogP contribution in [0.3, 0.4) is 0 Å². The van der Waals surface area contributed by atoms with Gasteiger partial charge < -0.3 is 15.7 Å². The Morgan fingerprint density at radius 1 is 1.03 bits per heavy atom. The zero-order chi connectivity index (χ0) is 22.8. The number of halogens is 3. The predicted molar refractivity (Wildman–Crippen MR) is 111 cm³/mol. The molecule has 1 heterocycles. The van der Waals surface area contributed by atoms with Crippen molar-refractivity contribution in [3.63, 3.8) is 0 Å². The van der Waals surface area contributed by atoms with Crippen molar-refractivity contribution in [1.82, 2.24) is 0 Å². The van der Waals surface area contributed by atoms with Gasteiger partial charge in [-0.15, -0.1) is 0 Å². The van der Waals surface area contributed by atoms with Crippen LogP contribution >= 0.6 is 7.37 Å². The largest absolute Gasteiger partial charge is 0.478 e. The van der Waals surface area contributed by atoms with Crippen LogP contribution in [-0.2, 0) is 4.57 Å².